The Balaban J connectivity index is 0.00000338. The van der Waals surface area contributed by atoms with Crippen molar-refractivity contribution < 1.29 is 5.11 Å². The molecule has 3 N–H and O–H groups in total. The van der Waals surface area contributed by atoms with E-state index in [1.54, 1.807) is 0 Å². The third-order valence-electron chi connectivity index (χ3n) is 4.70. The van der Waals surface area contributed by atoms with Gasteiger partial charge in [0.05, 0.1) is 12.6 Å². The molecule has 0 bridgehead atoms. The van der Waals surface area contributed by atoms with E-state index >= 15 is 0 Å². The predicted octanol–water partition coefficient (Wildman–Crippen LogP) is 3.08. The summed E-state index contributed by atoms with van der Waals surface area (Å²) in [6.45, 7) is 11.0. The minimum Gasteiger partial charge on any atom is -0.386 e. The number of aliphatic imine (C=N–C) groups is 1. The van der Waals surface area contributed by atoms with Gasteiger partial charge in [0.15, 0.2) is 5.96 Å². The highest BCUT2D eigenvalue weighted by atomic mass is 127. The largest absolute Gasteiger partial charge is 0.386 e. The molecule has 1 unspecified atom stereocenters. The van der Waals surface area contributed by atoms with Crippen molar-refractivity contribution in [2.75, 3.05) is 32.7 Å². The first-order valence-electron chi connectivity index (χ1n) is 9.64. The molecule has 0 aromatic heterocycles. The molecule has 0 radical (unpaired) electrons. The van der Waals surface area contributed by atoms with Crippen LogP contribution in [0.2, 0.25) is 0 Å². The number of hydrogen-bond donors (Lipinski definition) is 3. The van der Waals surface area contributed by atoms with Gasteiger partial charge in [-0.1, -0.05) is 36.8 Å². The van der Waals surface area contributed by atoms with Crippen molar-refractivity contribution in [2.45, 2.75) is 52.2 Å². The van der Waals surface area contributed by atoms with Gasteiger partial charge in [-0.05, 0) is 45.2 Å². The van der Waals surface area contributed by atoms with Crippen molar-refractivity contribution in [1.29, 1.82) is 0 Å². The molecule has 1 aliphatic rings. The number of hydrogen-bond acceptors (Lipinski definition) is 3. The molecule has 1 aromatic carbocycles. The van der Waals surface area contributed by atoms with Gasteiger partial charge in [-0.3, -0.25) is 4.99 Å². The molecule has 5 nitrogen and oxygen atoms in total. The first-order valence-corrected chi connectivity index (χ1v) is 9.64. The SMILES string of the molecule is CCCN1CCC(NC(=NCC(O)c2ccc(C)cc2)NCC)CC1.I. The average Bonchev–Trinajstić information content (AvgIpc) is 2.62. The summed E-state index contributed by atoms with van der Waals surface area (Å²) < 4.78 is 0. The topological polar surface area (TPSA) is 59.9 Å². The van der Waals surface area contributed by atoms with Crippen LogP contribution in [0, 0.1) is 6.92 Å². The highest BCUT2D eigenvalue weighted by Crippen LogP contribution is 2.14. The van der Waals surface area contributed by atoms with Gasteiger partial charge in [0.2, 0.25) is 0 Å². The van der Waals surface area contributed by atoms with E-state index in [4.69, 9.17) is 0 Å². The van der Waals surface area contributed by atoms with Gasteiger partial charge in [0.25, 0.3) is 0 Å². The number of rotatable bonds is 7. The zero-order valence-electron chi connectivity index (χ0n) is 16.4. The number of benzene rings is 1. The molecule has 148 valence electrons. The molecule has 1 aliphatic heterocycles. The fourth-order valence-electron chi connectivity index (χ4n) is 3.20. The van der Waals surface area contributed by atoms with Crippen molar-refractivity contribution >= 4 is 29.9 Å². The second-order valence-corrected chi connectivity index (χ2v) is 6.91. The molecular weight excluding hydrogens is 439 g/mol. The molecule has 2 rings (SSSR count). The molecule has 0 spiro atoms. The van der Waals surface area contributed by atoms with E-state index in [1.165, 1.54) is 18.5 Å². The van der Waals surface area contributed by atoms with Crippen LogP contribution in [0.3, 0.4) is 0 Å². The molecule has 1 aromatic rings. The minimum atomic E-state index is -0.567. The molecule has 1 atom stereocenters. The standard InChI is InChI=1S/C20H34N4O.HI/c1-4-12-24-13-10-18(11-14-24)23-20(21-5-2)22-15-19(25)17-8-6-16(3)7-9-17;/h6-9,18-19,25H,4-5,10-15H2,1-3H3,(H2,21,22,23);1H. The molecule has 6 heteroatoms. The van der Waals surface area contributed by atoms with Gasteiger partial charge in [-0.2, -0.15) is 0 Å². The lowest BCUT2D eigenvalue weighted by atomic mass is 10.1. The summed E-state index contributed by atoms with van der Waals surface area (Å²) in [5.74, 6) is 0.808. The quantitative estimate of drug-likeness (QED) is 0.323. The number of likely N-dealkylation sites (tertiary alicyclic amines) is 1. The van der Waals surface area contributed by atoms with Gasteiger partial charge < -0.3 is 20.6 Å². The van der Waals surface area contributed by atoms with E-state index in [2.05, 4.69) is 34.4 Å². The normalized spacial score (nSPS) is 17.5. The van der Waals surface area contributed by atoms with Crippen LogP contribution in [0.4, 0.5) is 0 Å². The van der Waals surface area contributed by atoms with E-state index in [9.17, 15) is 5.11 Å². The van der Waals surface area contributed by atoms with Crippen molar-refractivity contribution in [3.63, 3.8) is 0 Å². The van der Waals surface area contributed by atoms with Gasteiger partial charge in [0.1, 0.15) is 0 Å². The summed E-state index contributed by atoms with van der Waals surface area (Å²) in [6.07, 6.45) is 2.94. The van der Waals surface area contributed by atoms with Gasteiger partial charge in [-0.25, -0.2) is 0 Å². The summed E-state index contributed by atoms with van der Waals surface area (Å²) in [5, 5.41) is 17.2. The van der Waals surface area contributed by atoms with Gasteiger partial charge in [-0.15, -0.1) is 24.0 Å². The van der Waals surface area contributed by atoms with Crippen molar-refractivity contribution in [2.24, 2.45) is 4.99 Å². The van der Waals surface area contributed by atoms with Gasteiger partial charge in [0, 0.05) is 25.7 Å². The molecule has 1 saturated heterocycles. The summed E-state index contributed by atoms with van der Waals surface area (Å²) in [7, 11) is 0. The Morgan fingerprint density at radius 1 is 1.23 bits per heavy atom. The molecule has 26 heavy (non-hydrogen) atoms. The van der Waals surface area contributed by atoms with Crippen LogP contribution in [-0.2, 0) is 0 Å². The van der Waals surface area contributed by atoms with Gasteiger partial charge >= 0.3 is 0 Å². The summed E-state index contributed by atoms with van der Waals surface area (Å²) >= 11 is 0. The Morgan fingerprint density at radius 2 is 1.88 bits per heavy atom. The summed E-state index contributed by atoms with van der Waals surface area (Å²) in [4.78, 5) is 7.12. The predicted molar refractivity (Wildman–Crippen MR) is 120 cm³/mol. The number of halogens is 1. The molecule has 0 aliphatic carbocycles. The first kappa shape index (κ1) is 23.2. The number of guanidine groups is 1. The maximum atomic E-state index is 10.4. The zero-order chi connectivity index (χ0) is 18.1. The maximum absolute atomic E-state index is 10.4. The first-order chi connectivity index (χ1) is 12.1. The van der Waals surface area contributed by atoms with Crippen LogP contribution >= 0.6 is 24.0 Å². The Morgan fingerprint density at radius 3 is 2.46 bits per heavy atom. The Bertz CT molecular complexity index is 527. The van der Waals surface area contributed by atoms with E-state index < -0.39 is 6.10 Å². The third-order valence-corrected chi connectivity index (χ3v) is 4.70. The fourth-order valence-corrected chi connectivity index (χ4v) is 3.20. The van der Waals surface area contributed by atoms with E-state index in [-0.39, 0.29) is 24.0 Å². The number of nitrogens with one attached hydrogen (secondary N) is 2. The summed E-state index contributed by atoms with van der Waals surface area (Å²) in [5.41, 5.74) is 2.11. The Labute approximate surface area is 175 Å². The van der Waals surface area contributed by atoms with Crippen molar-refractivity contribution in [3.8, 4) is 0 Å². The number of aliphatic hydroxyl groups is 1. The van der Waals surface area contributed by atoms with Crippen molar-refractivity contribution in [3.05, 3.63) is 35.4 Å². The second-order valence-electron chi connectivity index (χ2n) is 6.91. The zero-order valence-corrected chi connectivity index (χ0v) is 18.7. The van der Waals surface area contributed by atoms with Crippen LogP contribution in [-0.4, -0.2) is 54.7 Å². The molecule has 1 heterocycles. The minimum absolute atomic E-state index is 0. The number of aliphatic hydroxyl groups excluding tert-OH is 1. The van der Waals surface area contributed by atoms with Crippen LogP contribution in [0.15, 0.2) is 29.3 Å². The van der Waals surface area contributed by atoms with E-state index in [0.29, 0.717) is 12.6 Å². The van der Waals surface area contributed by atoms with Crippen LogP contribution < -0.4 is 10.6 Å². The van der Waals surface area contributed by atoms with Crippen LogP contribution in [0.5, 0.6) is 0 Å². The van der Waals surface area contributed by atoms with E-state index in [1.807, 2.05) is 31.2 Å². The highest BCUT2D eigenvalue weighted by molar-refractivity contribution is 14.0. The lowest BCUT2D eigenvalue weighted by Crippen LogP contribution is -2.48. The van der Waals surface area contributed by atoms with E-state index in [0.717, 1.165) is 44.0 Å². The summed E-state index contributed by atoms with van der Waals surface area (Å²) in [6, 6.07) is 8.45. The molecular formula is C20H35IN4O. The van der Waals surface area contributed by atoms with Crippen LogP contribution in [0.1, 0.15) is 50.3 Å². The lowest BCUT2D eigenvalue weighted by molar-refractivity contribution is 0.186. The maximum Gasteiger partial charge on any atom is 0.191 e. The Kier molecular flexibility index (Phi) is 11.2. The number of nitrogens with zero attached hydrogens (tertiary/aromatic N) is 2. The average molecular weight is 474 g/mol. The molecule has 0 amide bonds. The van der Waals surface area contributed by atoms with Crippen LogP contribution in [0.25, 0.3) is 0 Å². The smallest absolute Gasteiger partial charge is 0.191 e. The number of piperidine rings is 1. The molecule has 0 saturated carbocycles. The van der Waals surface area contributed by atoms with Crippen molar-refractivity contribution in [1.82, 2.24) is 15.5 Å². The monoisotopic (exact) mass is 474 g/mol. The highest BCUT2D eigenvalue weighted by Gasteiger charge is 2.19. The second kappa shape index (κ2) is 12.5. The number of aryl methyl sites for hydroxylation is 1. The Hall–Kier alpha value is -0.860. The fraction of sp³-hybridized carbons (Fsp3) is 0.650. The lowest BCUT2D eigenvalue weighted by Gasteiger charge is -2.32. The third kappa shape index (κ3) is 7.80. The molecule has 1 fully saturated rings.